The molecule has 1 aromatic carbocycles. The van der Waals surface area contributed by atoms with Gasteiger partial charge in [0.25, 0.3) is 10.0 Å². The third-order valence-electron chi connectivity index (χ3n) is 4.61. The van der Waals surface area contributed by atoms with Crippen molar-refractivity contribution in [2.24, 2.45) is 18.9 Å². The van der Waals surface area contributed by atoms with Gasteiger partial charge in [0.15, 0.2) is 0 Å². The van der Waals surface area contributed by atoms with Gasteiger partial charge in [0, 0.05) is 67.0 Å². The Hall–Kier alpha value is -1.59. The van der Waals surface area contributed by atoms with Crippen LogP contribution in [0, 0.1) is 11.8 Å². The number of nitrogens with zero attached hydrogens (tertiary/aromatic N) is 2. The number of esters is 1. The van der Waals surface area contributed by atoms with Crippen LogP contribution in [0.4, 0.5) is 5.69 Å². The second-order valence-corrected chi connectivity index (χ2v) is 8.52. The number of hydrogen-bond donors (Lipinski definition) is 2. The molecule has 167 valence electrons. The van der Waals surface area contributed by atoms with Gasteiger partial charge in [-0.05, 0) is 37.1 Å². The molecule has 3 N–H and O–H groups in total. The van der Waals surface area contributed by atoms with Crippen molar-refractivity contribution in [3.05, 3.63) is 42.5 Å². The number of nitrogen functional groups attached to an aromatic ring is 1. The minimum absolute atomic E-state index is 0. The Morgan fingerprint density at radius 2 is 1.94 bits per heavy atom. The number of nitrogens with one attached hydrogen (secondary N) is 1. The number of aromatic nitrogens is 2. The SMILES string of the molecule is CC(=O)NS(=O)(=O)c1ccc(N)cc1.CC[C@@H]1C(=O)OC[C@@H]1Cc1cncn1C.Cl.[Na]. The molecule has 2 atom stereocenters. The van der Waals surface area contributed by atoms with Crippen LogP contribution >= 0.6 is 12.4 Å². The average molecular weight is 482 g/mol. The molecule has 0 spiro atoms. The van der Waals surface area contributed by atoms with Gasteiger partial charge < -0.3 is 15.0 Å². The van der Waals surface area contributed by atoms with E-state index < -0.39 is 15.9 Å². The van der Waals surface area contributed by atoms with Gasteiger partial charge in [-0.3, -0.25) is 9.59 Å². The van der Waals surface area contributed by atoms with E-state index in [1.54, 1.807) is 6.33 Å². The van der Waals surface area contributed by atoms with Gasteiger partial charge in [-0.2, -0.15) is 0 Å². The number of amides is 1. The molecule has 0 aliphatic carbocycles. The molecule has 3 rings (SSSR count). The third-order valence-corrected chi connectivity index (χ3v) is 6.06. The van der Waals surface area contributed by atoms with Crippen LogP contribution in [-0.4, -0.2) is 66.0 Å². The summed E-state index contributed by atoms with van der Waals surface area (Å²) in [7, 11) is -1.76. The fourth-order valence-corrected chi connectivity index (χ4v) is 4.04. The second kappa shape index (κ2) is 13.1. The molecular weight excluding hydrogens is 455 g/mol. The number of ether oxygens (including phenoxy) is 1. The van der Waals surface area contributed by atoms with Crippen LogP contribution < -0.4 is 10.5 Å². The molecule has 1 aromatic heterocycles. The van der Waals surface area contributed by atoms with Crippen molar-refractivity contribution in [1.29, 1.82) is 0 Å². The number of benzene rings is 1. The monoisotopic (exact) mass is 481 g/mol. The first-order valence-corrected chi connectivity index (χ1v) is 10.6. The predicted molar refractivity (Wildman–Crippen MR) is 120 cm³/mol. The minimum atomic E-state index is -3.73. The summed E-state index contributed by atoms with van der Waals surface area (Å²) in [5.41, 5.74) is 7.02. The van der Waals surface area contributed by atoms with Crippen LogP contribution in [0.1, 0.15) is 26.0 Å². The largest absolute Gasteiger partial charge is 0.465 e. The van der Waals surface area contributed by atoms with E-state index >= 15 is 0 Å². The maximum absolute atomic E-state index is 11.4. The summed E-state index contributed by atoms with van der Waals surface area (Å²) in [4.78, 5) is 26.1. The topological polar surface area (TPSA) is 133 Å². The average Bonchev–Trinajstić information content (AvgIpc) is 3.20. The van der Waals surface area contributed by atoms with Crippen molar-refractivity contribution in [1.82, 2.24) is 14.3 Å². The summed E-state index contributed by atoms with van der Waals surface area (Å²) in [5.74, 6) is -0.274. The van der Waals surface area contributed by atoms with Crippen molar-refractivity contribution in [3.8, 4) is 0 Å². The first-order valence-electron chi connectivity index (χ1n) is 9.14. The van der Waals surface area contributed by atoms with E-state index in [-0.39, 0.29) is 58.7 Å². The summed E-state index contributed by atoms with van der Waals surface area (Å²) in [6.07, 6.45) is 5.38. The molecule has 0 unspecified atom stereocenters. The molecule has 1 aliphatic rings. The summed E-state index contributed by atoms with van der Waals surface area (Å²) in [6.45, 7) is 3.73. The Morgan fingerprint density at radius 1 is 1.32 bits per heavy atom. The van der Waals surface area contributed by atoms with Crippen LogP contribution in [0.15, 0.2) is 41.7 Å². The number of nitrogens with two attached hydrogens (primary N) is 1. The summed E-state index contributed by atoms with van der Waals surface area (Å²) in [5, 5.41) is 0. The van der Waals surface area contributed by atoms with Crippen LogP contribution in [0.5, 0.6) is 0 Å². The minimum Gasteiger partial charge on any atom is -0.465 e. The van der Waals surface area contributed by atoms with E-state index in [2.05, 4.69) is 4.98 Å². The van der Waals surface area contributed by atoms with Crippen molar-refractivity contribution in [2.75, 3.05) is 12.3 Å². The second-order valence-electron chi connectivity index (χ2n) is 6.84. The van der Waals surface area contributed by atoms with E-state index in [1.807, 2.05) is 29.5 Å². The van der Waals surface area contributed by atoms with Crippen molar-refractivity contribution in [3.63, 3.8) is 0 Å². The van der Waals surface area contributed by atoms with Gasteiger partial charge in [0.05, 0.1) is 23.7 Å². The Morgan fingerprint density at radius 3 is 2.42 bits per heavy atom. The van der Waals surface area contributed by atoms with E-state index in [0.29, 0.717) is 18.2 Å². The molecule has 1 fully saturated rings. The maximum atomic E-state index is 11.4. The fraction of sp³-hybridized carbons (Fsp3) is 0.421. The fourth-order valence-electron chi connectivity index (χ4n) is 3.05. The number of aryl methyl sites for hydroxylation is 1. The number of carbonyl (C=O) groups is 2. The molecule has 9 nitrogen and oxygen atoms in total. The zero-order valence-electron chi connectivity index (χ0n) is 18.1. The van der Waals surface area contributed by atoms with E-state index in [4.69, 9.17) is 10.5 Å². The van der Waals surface area contributed by atoms with E-state index in [1.165, 1.54) is 24.3 Å². The van der Waals surface area contributed by atoms with Crippen molar-refractivity contribution >= 4 is 69.6 Å². The Kier molecular flexibility index (Phi) is 12.4. The number of anilines is 1. The standard InChI is InChI=1S/C11H16N2O2.C8H10N2O3S.ClH.Na/c1-3-10-8(6-15-11(10)14)4-9-5-12-7-13(9)2;1-6(11)10-14(12,13)8-4-2-7(9)3-5-8;;/h5,7-8,10H,3-4,6H2,1-2H3;2-5H,9H2,1H3,(H,10,11);1H;/t8-,10-;;;/m0.../s1. The molecule has 0 bridgehead atoms. The quantitative estimate of drug-likeness (QED) is 0.373. The molecule has 1 radical (unpaired) electrons. The Bertz CT molecular complexity index is 966. The van der Waals surface area contributed by atoms with Gasteiger partial charge in [-0.1, -0.05) is 6.92 Å². The number of rotatable bonds is 5. The first-order chi connectivity index (χ1) is 13.6. The number of imidazole rings is 1. The Labute approximate surface area is 210 Å². The van der Waals surface area contributed by atoms with Gasteiger partial charge >= 0.3 is 5.97 Å². The van der Waals surface area contributed by atoms with Gasteiger partial charge in [0.1, 0.15) is 0 Å². The third kappa shape index (κ3) is 8.46. The normalized spacial score (nSPS) is 17.3. The molecule has 2 heterocycles. The van der Waals surface area contributed by atoms with Crippen LogP contribution in [-0.2, 0) is 37.8 Å². The van der Waals surface area contributed by atoms with Gasteiger partial charge in [0.2, 0.25) is 5.91 Å². The summed E-state index contributed by atoms with van der Waals surface area (Å²) in [6, 6.07) is 5.57. The first kappa shape index (κ1) is 29.4. The molecule has 31 heavy (non-hydrogen) atoms. The predicted octanol–water partition coefficient (Wildman–Crippen LogP) is 1.30. The molecule has 1 amide bonds. The van der Waals surface area contributed by atoms with Gasteiger partial charge in [-0.25, -0.2) is 18.1 Å². The van der Waals surface area contributed by atoms with Gasteiger partial charge in [-0.15, -0.1) is 12.4 Å². The number of carbonyl (C=O) groups excluding carboxylic acids is 2. The smallest absolute Gasteiger partial charge is 0.309 e. The maximum Gasteiger partial charge on any atom is 0.309 e. The Balaban J connectivity index is 0.000000547. The molecule has 0 saturated carbocycles. The van der Waals surface area contributed by atoms with Crippen LogP contribution in [0.2, 0.25) is 0 Å². The molecular formula is C19H27ClN4NaO5S. The van der Waals surface area contributed by atoms with Crippen LogP contribution in [0.3, 0.4) is 0 Å². The van der Waals surface area contributed by atoms with E-state index in [0.717, 1.165) is 25.5 Å². The summed E-state index contributed by atoms with van der Waals surface area (Å²) < 4.78 is 31.7. The van der Waals surface area contributed by atoms with Crippen molar-refractivity contribution in [2.45, 2.75) is 31.6 Å². The molecule has 2 aromatic rings. The zero-order chi connectivity index (χ0) is 21.6. The number of cyclic esters (lactones) is 1. The number of hydrogen-bond acceptors (Lipinski definition) is 7. The molecule has 12 heteroatoms. The van der Waals surface area contributed by atoms with Crippen LogP contribution in [0.25, 0.3) is 0 Å². The summed E-state index contributed by atoms with van der Waals surface area (Å²) >= 11 is 0. The number of sulfonamides is 1. The number of halogens is 1. The zero-order valence-corrected chi connectivity index (χ0v) is 21.7. The molecule has 1 aliphatic heterocycles. The van der Waals surface area contributed by atoms with E-state index in [9.17, 15) is 18.0 Å². The van der Waals surface area contributed by atoms with Crippen molar-refractivity contribution < 1.29 is 22.7 Å². The molecule has 1 saturated heterocycles.